The molecular weight excluding hydrogens is 485 g/mol. The summed E-state index contributed by atoms with van der Waals surface area (Å²) in [5.41, 5.74) is 3.16. The summed E-state index contributed by atoms with van der Waals surface area (Å²) in [5.74, 6) is 1.00. The van der Waals surface area contributed by atoms with Crippen LogP contribution in [0.1, 0.15) is 0 Å². The Bertz CT molecular complexity index is 1240. The molecule has 9 nitrogen and oxygen atoms in total. The number of piperazine rings is 1. The summed E-state index contributed by atoms with van der Waals surface area (Å²) in [7, 11) is 2.14. The lowest BCUT2D eigenvalue weighted by molar-refractivity contribution is -0.121. The maximum absolute atomic E-state index is 13.0. The molecule has 0 unspecified atom stereocenters. The fourth-order valence-electron chi connectivity index (χ4n) is 4.21. The van der Waals surface area contributed by atoms with Crippen molar-refractivity contribution in [2.45, 2.75) is 0 Å². The van der Waals surface area contributed by atoms with Crippen molar-refractivity contribution >= 4 is 52.0 Å². The normalized spacial score (nSPS) is 15.9. The van der Waals surface area contributed by atoms with Crippen molar-refractivity contribution in [1.29, 1.82) is 0 Å². The number of rotatable bonds is 7. The van der Waals surface area contributed by atoms with E-state index in [1.807, 2.05) is 12.1 Å². The molecule has 3 aromatic rings. The van der Waals surface area contributed by atoms with Gasteiger partial charge < -0.3 is 30.1 Å². The van der Waals surface area contributed by atoms with Gasteiger partial charge >= 0.3 is 0 Å². The molecule has 0 bridgehead atoms. The molecule has 2 aromatic carbocycles. The second kappa shape index (κ2) is 10.5. The molecule has 3 heterocycles. The third kappa shape index (κ3) is 5.29. The molecule has 11 heteroatoms. The Morgan fingerprint density at radius 2 is 1.81 bits per heavy atom. The van der Waals surface area contributed by atoms with Gasteiger partial charge in [-0.15, -0.1) is 0 Å². The smallest absolute Gasteiger partial charge is 0.265 e. The molecular formula is C25H27ClFN7O2. The molecule has 5 rings (SSSR count). The quantitative estimate of drug-likeness (QED) is 0.491. The van der Waals surface area contributed by atoms with E-state index in [4.69, 9.17) is 16.3 Å². The number of aromatic nitrogens is 2. The van der Waals surface area contributed by atoms with E-state index in [9.17, 15) is 9.18 Å². The monoisotopic (exact) mass is 511 g/mol. The Morgan fingerprint density at radius 1 is 1.06 bits per heavy atom. The van der Waals surface area contributed by atoms with E-state index in [2.05, 4.69) is 49.6 Å². The SMILES string of the molecule is CN1CCN(c2ccc(Nc3ncc(Cl)c(Nc4ccc5c(c4)N(CCF)C(=O)CO5)n3)cc2)CC1. The highest BCUT2D eigenvalue weighted by molar-refractivity contribution is 6.32. The number of halogens is 2. The van der Waals surface area contributed by atoms with E-state index in [-0.39, 0.29) is 19.1 Å². The van der Waals surface area contributed by atoms with Crippen LogP contribution in [-0.4, -0.2) is 73.8 Å². The van der Waals surface area contributed by atoms with Gasteiger partial charge in [-0.05, 0) is 49.5 Å². The van der Waals surface area contributed by atoms with Gasteiger partial charge in [0.2, 0.25) is 5.95 Å². The van der Waals surface area contributed by atoms with Crippen LogP contribution in [-0.2, 0) is 4.79 Å². The number of nitrogens with one attached hydrogen (secondary N) is 2. The predicted octanol–water partition coefficient (Wildman–Crippen LogP) is 4.06. The maximum Gasteiger partial charge on any atom is 0.265 e. The van der Waals surface area contributed by atoms with Crippen molar-refractivity contribution in [3.05, 3.63) is 53.7 Å². The zero-order valence-corrected chi connectivity index (χ0v) is 20.6. The summed E-state index contributed by atoms with van der Waals surface area (Å²) in [6, 6.07) is 13.4. The third-order valence-corrected chi connectivity index (χ3v) is 6.49. The lowest BCUT2D eigenvalue weighted by Crippen LogP contribution is -2.44. The number of carbonyl (C=O) groups is 1. The molecule has 1 fully saturated rings. The summed E-state index contributed by atoms with van der Waals surface area (Å²) in [5, 5.41) is 6.70. The first-order valence-corrected chi connectivity index (χ1v) is 12.1. The minimum absolute atomic E-state index is 0.0332. The van der Waals surface area contributed by atoms with Gasteiger partial charge in [0.1, 0.15) is 17.4 Å². The fourth-order valence-corrected chi connectivity index (χ4v) is 4.35. The first kappa shape index (κ1) is 24.1. The van der Waals surface area contributed by atoms with Crippen molar-refractivity contribution in [2.24, 2.45) is 0 Å². The number of anilines is 6. The molecule has 2 N–H and O–H groups in total. The molecule has 36 heavy (non-hydrogen) atoms. The van der Waals surface area contributed by atoms with Crippen molar-refractivity contribution < 1.29 is 13.9 Å². The van der Waals surface area contributed by atoms with Crippen LogP contribution in [0.4, 0.5) is 38.9 Å². The zero-order chi connectivity index (χ0) is 25.1. The van der Waals surface area contributed by atoms with Gasteiger partial charge in [-0.25, -0.2) is 9.37 Å². The Labute approximate surface area is 213 Å². The van der Waals surface area contributed by atoms with Crippen molar-refractivity contribution in [2.75, 3.05) is 73.5 Å². The van der Waals surface area contributed by atoms with Crippen LogP contribution in [0.3, 0.4) is 0 Å². The largest absolute Gasteiger partial charge is 0.482 e. The Morgan fingerprint density at radius 3 is 2.56 bits per heavy atom. The van der Waals surface area contributed by atoms with Crippen LogP contribution in [0.5, 0.6) is 5.75 Å². The van der Waals surface area contributed by atoms with E-state index >= 15 is 0 Å². The number of amides is 1. The topological polar surface area (TPSA) is 85.9 Å². The minimum Gasteiger partial charge on any atom is -0.482 e. The third-order valence-electron chi connectivity index (χ3n) is 6.21. The standard InChI is InChI=1S/C25H27ClFN7O2/c1-32-10-12-33(13-11-32)19-5-2-17(3-6-19)30-25-28-15-20(26)24(31-25)29-18-4-7-22-21(14-18)34(9-8-27)23(35)16-36-22/h2-7,14-15H,8-13,16H2,1H3,(H2,28,29,30,31). The first-order valence-electron chi connectivity index (χ1n) is 11.7. The van der Waals surface area contributed by atoms with E-state index in [0.29, 0.717) is 33.9 Å². The van der Waals surface area contributed by atoms with Gasteiger partial charge in [-0.3, -0.25) is 4.79 Å². The van der Waals surface area contributed by atoms with Gasteiger partial charge in [-0.2, -0.15) is 4.98 Å². The van der Waals surface area contributed by atoms with E-state index in [1.165, 1.54) is 16.8 Å². The summed E-state index contributed by atoms with van der Waals surface area (Å²) in [6.07, 6.45) is 1.51. The molecule has 0 saturated carbocycles. The number of nitrogens with zero attached hydrogens (tertiary/aromatic N) is 5. The van der Waals surface area contributed by atoms with E-state index in [1.54, 1.807) is 18.2 Å². The number of hydrogen-bond donors (Lipinski definition) is 2. The number of benzene rings is 2. The van der Waals surface area contributed by atoms with Gasteiger partial charge in [0.25, 0.3) is 5.91 Å². The van der Waals surface area contributed by atoms with Gasteiger partial charge in [0.15, 0.2) is 12.4 Å². The summed E-state index contributed by atoms with van der Waals surface area (Å²) >= 11 is 6.35. The molecule has 0 aliphatic carbocycles. The average Bonchev–Trinajstić information content (AvgIpc) is 2.89. The molecule has 1 aromatic heterocycles. The zero-order valence-electron chi connectivity index (χ0n) is 19.9. The van der Waals surface area contributed by atoms with Crippen molar-refractivity contribution in [3.63, 3.8) is 0 Å². The maximum atomic E-state index is 13.0. The van der Waals surface area contributed by atoms with Crippen molar-refractivity contribution in [1.82, 2.24) is 14.9 Å². The number of fused-ring (bicyclic) bond motifs is 1. The van der Waals surface area contributed by atoms with E-state index < -0.39 is 6.67 Å². The Balaban J connectivity index is 1.30. The second-order valence-corrected chi connectivity index (χ2v) is 9.09. The van der Waals surface area contributed by atoms with Crippen molar-refractivity contribution in [3.8, 4) is 5.75 Å². The molecule has 2 aliphatic rings. The molecule has 2 aliphatic heterocycles. The molecule has 0 radical (unpaired) electrons. The van der Waals surface area contributed by atoms with Crippen LogP contribution < -0.4 is 25.2 Å². The highest BCUT2D eigenvalue weighted by atomic mass is 35.5. The van der Waals surface area contributed by atoms with Gasteiger partial charge in [-0.1, -0.05) is 11.6 Å². The van der Waals surface area contributed by atoms with Crippen LogP contribution in [0, 0.1) is 0 Å². The number of likely N-dealkylation sites (N-methyl/N-ethyl adjacent to an activating group) is 1. The molecule has 188 valence electrons. The summed E-state index contributed by atoms with van der Waals surface area (Å²) in [4.78, 5) is 27.1. The number of hydrogen-bond acceptors (Lipinski definition) is 8. The van der Waals surface area contributed by atoms with Crippen LogP contribution in [0.2, 0.25) is 5.02 Å². The minimum atomic E-state index is -0.647. The number of ether oxygens (including phenoxy) is 1. The van der Waals surface area contributed by atoms with Crippen LogP contribution >= 0.6 is 11.6 Å². The molecule has 0 spiro atoms. The molecule has 1 amide bonds. The number of carbonyl (C=O) groups excluding carboxylic acids is 1. The Kier molecular flexibility index (Phi) is 7.06. The van der Waals surface area contributed by atoms with Crippen LogP contribution in [0.25, 0.3) is 0 Å². The molecule has 0 atom stereocenters. The first-order chi connectivity index (χ1) is 17.5. The summed E-state index contributed by atoms with van der Waals surface area (Å²) < 4.78 is 18.5. The summed E-state index contributed by atoms with van der Waals surface area (Å²) in [6.45, 7) is 3.33. The van der Waals surface area contributed by atoms with Crippen LogP contribution in [0.15, 0.2) is 48.7 Å². The lowest BCUT2D eigenvalue weighted by atomic mass is 10.2. The average molecular weight is 512 g/mol. The second-order valence-electron chi connectivity index (χ2n) is 8.68. The fraction of sp³-hybridized carbons (Fsp3) is 0.320. The molecule has 1 saturated heterocycles. The predicted molar refractivity (Wildman–Crippen MR) is 140 cm³/mol. The highest BCUT2D eigenvalue weighted by Gasteiger charge is 2.25. The lowest BCUT2D eigenvalue weighted by Gasteiger charge is -2.34. The van der Waals surface area contributed by atoms with Gasteiger partial charge in [0, 0.05) is 43.2 Å². The van der Waals surface area contributed by atoms with Gasteiger partial charge in [0.05, 0.1) is 18.4 Å². The highest BCUT2D eigenvalue weighted by Crippen LogP contribution is 2.36. The Hall–Kier alpha value is -3.63. The van der Waals surface area contributed by atoms with E-state index in [0.717, 1.165) is 31.9 Å². The number of alkyl halides is 1.